The molecule has 0 bridgehead atoms. The van der Waals surface area contributed by atoms with Gasteiger partial charge >= 0.3 is 5.97 Å². The van der Waals surface area contributed by atoms with Gasteiger partial charge < -0.3 is 9.30 Å². The lowest BCUT2D eigenvalue weighted by Gasteiger charge is -2.31. The maximum Gasteiger partial charge on any atom is 0.310 e. The van der Waals surface area contributed by atoms with Crippen LogP contribution in [0.1, 0.15) is 44.3 Å². The van der Waals surface area contributed by atoms with E-state index in [-0.39, 0.29) is 11.9 Å². The van der Waals surface area contributed by atoms with Crippen molar-refractivity contribution in [1.82, 2.24) is 14.5 Å². The van der Waals surface area contributed by atoms with Gasteiger partial charge in [0.15, 0.2) is 0 Å². The van der Waals surface area contributed by atoms with Gasteiger partial charge in [-0.2, -0.15) is 0 Å². The Morgan fingerprint density at radius 3 is 3.05 bits per heavy atom. The molecule has 0 N–H and O–H groups in total. The number of piperidine rings is 1. The van der Waals surface area contributed by atoms with Crippen LogP contribution >= 0.6 is 0 Å². The Kier molecular flexibility index (Phi) is 4.05. The number of carbonyl (C=O) groups is 1. The molecular formula is C15H23N3O2. The molecule has 2 heterocycles. The molecule has 1 saturated carbocycles. The topological polar surface area (TPSA) is 47.4 Å². The van der Waals surface area contributed by atoms with Crippen molar-refractivity contribution < 1.29 is 9.53 Å². The third kappa shape index (κ3) is 3.03. The van der Waals surface area contributed by atoms with Crippen LogP contribution < -0.4 is 0 Å². The molecule has 0 unspecified atom stereocenters. The van der Waals surface area contributed by atoms with E-state index in [0.717, 1.165) is 32.5 Å². The predicted octanol–water partition coefficient (Wildman–Crippen LogP) is 1.99. The summed E-state index contributed by atoms with van der Waals surface area (Å²) in [6.07, 6.45) is 8.48. The first-order valence-electron chi connectivity index (χ1n) is 7.67. The van der Waals surface area contributed by atoms with Gasteiger partial charge in [-0.1, -0.05) is 0 Å². The third-order valence-electron chi connectivity index (χ3n) is 4.20. The van der Waals surface area contributed by atoms with Crippen LogP contribution in [-0.4, -0.2) is 40.1 Å². The van der Waals surface area contributed by atoms with E-state index in [9.17, 15) is 4.79 Å². The normalized spacial score (nSPS) is 23.8. The molecule has 0 spiro atoms. The SMILES string of the molecule is CCOC(=O)[C@H]1CCCN(Cc2cncn2C2CC2)C1. The summed E-state index contributed by atoms with van der Waals surface area (Å²) in [5.74, 6) is 0.00824. The highest BCUT2D eigenvalue weighted by Gasteiger charge is 2.29. The lowest BCUT2D eigenvalue weighted by Crippen LogP contribution is -2.39. The standard InChI is InChI=1S/C15H23N3O2/c1-2-20-15(19)12-4-3-7-17(9-12)10-14-8-16-11-18(14)13-5-6-13/h8,11-13H,2-7,9-10H2,1H3/t12-/m0/s1. The molecule has 20 heavy (non-hydrogen) atoms. The van der Waals surface area contributed by atoms with Crippen LogP contribution in [0.3, 0.4) is 0 Å². The van der Waals surface area contributed by atoms with Gasteiger partial charge in [-0.05, 0) is 39.2 Å². The molecular weight excluding hydrogens is 254 g/mol. The number of nitrogens with zero attached hydrogens (tertiary/aromatic N) is 3. The van der Waals surface area contributed by atoms with Crippen molar-refractivity contribution in [3.63, 3.8) is 0 Å². The number of hydrogen-bond donors (Lipinski definition) is 0. The molecule has 5 heteroatoms. The zero-order chi connectivity index (χ0) is 13.9. The van der Waals surface area contributed by atoms with Crippen LogP contribution in [0.15, 0.2) is 12.5 Å². The molecule has 5 nitrogen and oxygen atoms in total. The zero-order valence-corrected chi connectivity index (χ0v) is 12.1. The summed E-state index contributed by atoms with van der Waals surface area (Å²) in [5.41, 5.74) is 1.28. The van der Waals surface area contributed by atoms with Gasteiger partial charge in [0.1, 0.15) is 0 Å². The van der Waals surface area contributed by atoms with E-state index in [1.54, 1.807) is 0 Å². The quantitative estimate of drug-likeness (QED) is 0.772. The maximum absolute atomic E-state index is 11.9. The number of carbonyl (C=O) groups excluding carboxylic acids is 1. The van der Waals surface area contributed by atoms with E-state index in [4.69, 9.17) is 4.74 Å². The molecule has 0 amide bonds. The van der Waals surface area contributed by atoms with Crippen molar-refractivity contribution in [3.05, 3.63) is 18.2 Å². The first-order chi connectivity index (χ1) is 9.78. The first-order valence-corrected chi connectivity index (χ1v) is 7.67. The van der Waals surface area contributed by atoms with Crippen molar-refractivity contribution >= 4 is 5.97 Å². The zero-order valence-electron chi connectivity index (χ0n) is 12.1. The Hall–Kier alpha value is -1.36. The fourth-order valence-corrected chi connectivity index (χ4v) is 3.02. The highest BCUT2D eigenvalue weighted by Crippen LogP contribution is 2.36. The van der Waals surface area contributed by atoms with Crippen LogP contribution in [0, 0.1) is 5.92 Å². The maximum atomic E-state index is 11.9. The number of hydrogen-bond acceptors (Lipinski definition) is 4. The number of aromatic nitrogens is 2. The van der Waals surface area contributed by atoms with E-state index in [1.165, 1.54) is 18.5 Å². The summed E-state index contributed by atoms with van der Waals surface area (Å²) < 4.78 is 7.45. The predicted molar refractivity (Wildman–Crippen MR) is 75.1 cm³/mol. The Balaban J connectivity index is 1.59. The van der Waals surface area contributed by atoms with E-state index < -0.39 is 0 Å². The lowest BCUT2D eigenvalue weighted by molar-refractivity contribution is -0.150. The van der Waals surface area contributed by atoms with Crippen LogP contribution in [-0.2, 0) is 16.1 Å². The molecule has 1 saturated heterocycles. The van der Waals surface area contributed by atoms with Gasteiger partial charge in [0, 0.05) is 25.3 Å². The average molecular weight is 277 g/mol. The monoisotopic (exact) mass is 277 g/mol. The Morgan fingerprint density at radius 1 is 1.45 bits per heavy atom. The second-order valence-electron chi connectivity index (χ2n) is 5.85. The van der Waals surface area contributed by atoms with E-state index in [2.05, 4.69) is 14.5 Å². The van der Waals surface area contributed by atoms with Crippen molar-refractivity contribution in [2.24, 2.45) is 5.92 Å². The minimum Gasteiger partial charge on any atom is -0.466 e. The fourth-order valence-electron chi connectivity index (χ4n) is 3.02. The highest BCUT2D eigenvalue weighted by molar-refractivity contribution is 5.72. The first kappa shape index (κ1) is 13.6. The summed E-state index contributed by atoms with van der Waals surface area (Å²) >= 11 is 0. The number of rotatable bonds is 5. The average Bonchev–Trinajstić information content (AvgIpc) is 3.20. The third-order valence-corrected chi connectivity index (χ3v) is 4.20. The van der Waals surface area contributed by atoms with Crippen LogP contribution in [0.4, 0.5) is 0 Å². The van der Waals surface area contributed by atoms with Crippen molar-refractivity contribution in [2.75, 3.05) is 19.7 Å². The summed E-state index contributed by atoms with van der Waals surface area (Å²) in [4.78, 5) is 18.5. The van der Waals surface area contributed by atoms with Gasteiger partial charge in [0.25, 0.3) is 0 Å². The number of imidazole rings is 1. The van der Waals surface area contributed by atoms with Crippen molar-refractivity contribution in [2.45, 2.75) is 45.2 Å². The summed E-state index contributed by atoms with van der Waals surface area (Å²) in [7, 11) is 0. The van der Waals surface area contributed by atoms with Crippen LogP contribution in [0.5, 0.6) is 0 Å². The highest BCUT2D eigenvalue weighted by atomic mass is 16.5. The van der Waals surface area contributed by atoms with Crippen molar-refractivity contribution in [1.29, 1.82) is 0 Å². The van der Waals surface area contributed by atoms with E-state index in [0.29, 0.717) is 12.6 Å². The molecule has 2 aliphatic rings. The second kappa shape index (κ2) is 5.95. The van der Waals surface area contributed by atoms with Gasteiger partial charge in [-0.3, -0.25) is 9.69 Å². The largest absolute Gasteiger partial charge is 0.466 e. The van der Waals surface area contributed by atoms with E-state index in [1.807, 2.05) is 19.4 Å². The van der Waals surface area contributed by atoms with Gasteiger partial charge in [-0.15, -0.1) is 0 Å². The molecule has 0 radical (unpaired) electrons. The molecule has 1 aliphatic heterocycles. The summed E-state index contributed by atoms with van der Waals surface area (Å²) in [6, 6.07) is 0.665. The van der Waals surface area contributed by atoms with Gasteiger partial charge in [-0.25, -0.2) is 4.98 Å². The van der Waals surface area contributed by atoms with Crippen molar-refractivity contribution in [3.8, 4) is 0 Å². The molecule has 110 valence electrons. The summed E-state index contributed by atoms with van der Waals surface area (Å²) in [5, 5.41) is 0. The molecule has 3 rings (SSSR count). The molecule has 1 aromatic rings. The Labute approximate surface area is 119 Å². The second-order valence-corrected chi connectivity index (χ2v) is 5.85. The van der Waals surface area contributed by atoms with Crippen LogP contribution in [0.2, 0.25) is 0 Å². The number of esters is 1. The van der Waals surface area contributed by atoms with E-state index >= 15 is 0 Å². The molecule has 1 atom stereocenters. The lowest BCUT2D eigenvalue weighted by atomic mass is 9.98. The smallest absolute Gasteiger partial charge is 0.310 e. The molecule has 0 aromatic carbocycles. The fraction of sp³-hybridized carbons (Fsp3) is 0.733. The Bertz CT molecular complexity index is 467. The summed E-state index contributed by atoms with van der Waals surface area (Å²) in [6.45, 7) is 5.11. The molecule has 2 fully saturated rings. The molecule has 1 aliphatic carbocycles. The Morgan fingerprint density at radius 2 is 2.30 bits per heavy atom. The number of ether oxygens (including phenoxy) is 1. The van der Waals surface area contributed by atoms with Gasteiger partial charge in [0.2, 0.25) is 0 Å². The number of likely N-dealkylation sites (tertiary alicyclic amines) is 1. The minimum absolute atomic E-state index is 0.0344. The van der Waals surface area contributed by atoms with Crippen LogP contribution in [0.25, 0.3) is 0 Å². The van der Waals surface area contributed by atoms with Gasteiger partial charge in [0.05, 0.1) is 24.5 Å². The molecule has 1 aromatic heterocycles. The minimum atomic E-state index is -0.0344.